The molecular weight excluding hydrogens is 589 g/mol. The largest absolute Gasteiger partial charge is 0.508 e. The third-order valence-electron chi connectivity index (χ3n) is 7.79. The third kappa shape index (κ3) is 6.32. The van der Waals surface area contributed by atoms with E-state index in [4.69, 9.17) is 20.6 Å². The highest BCUT2D eigenvalue weighted by molar-refractivity contribution is 6.16. The molecule has 1 fully saturated rings. The van der Waals surface area contributed by atoms with Crippen molar-refractivity contribution in [2.24, 2.45) is 0 Å². The number of phenolic OH excluding ortho intramolecular Hbond substituents is 1. The van der Waals surface area contributed by atoms with Gasteiger partial charge in [-0.05, 0) is 48.7 Å². The molecule has 1 aliphatic rings. The van der Waals surface area contributed by atoms with Crippen molar-refractivity contribution in [3.63, 3.8) is 0 Å². The zero-order chi connectivity index (χ0) is 32.2. The van der Waals surface area contributed by atoms with Crippen LogP contribution in [0.25, 0.3) is 16.5 Å². The summed E-state index contributed by atoms with van der Waals surface area (Å²) in [5, 5.41) is 23.1. The summed E-state index contributed by atoms with van der Waals surface area (Å²) in [6.45, 7) is 6.10. The van der Waals surface area contributed by atoms with E-state index in [0.29, 0.717) is 53.3 Å². The lowest BCUT2D eigenvalue weighted by molar-refractivity contribution is 0.0322. The number of aromatic nitrogens is 3. The van der Waals surface area contributed by atoms with Gasteiger partial charge in [-0.2, -0.15) is 0 Å². The Kier molecular flexibility index (Phi) is 8.78. The minimum atomic E-state index is -0.708. The van der Waals surface area contributed by atoms with Crippen LogP contribution in [0, 0.1) is 30.3 Å². The van der Waals surface area contributed by atoms with Crippen molar-refractivity contribution in [1.82, 2.24) is 19.4 Å². The number of nitrogens with zero attached hydrogens (tertiary/aromatic N) is 4. The highest BCUT2D eigenvalue weighted by Crippen LogP contribution is 2.28. The number of benzene rings is 2. The number of aryl methyl sites for hydroxylation is 1. The molecule has 1 aliphatic heterocycles. The van der Waals surface area contributed by atoms with Gasteiger partial charge >= 0.3 is 0 Å². The van der Waals surface area contributed by atoms with Gasteiger partial charge in [0.2, 0.25) is 0 Å². The van der Waals surface area contributed by atoms with Crippen molar-refractivity contribution in [2.75, 3.05) is 50.5 Å². The minimum absolute atomic E-state index is 0.0121. The maximum Gasteiger partial charge on any atom is 0.264 e. The number of fused-ring (bicyclic) bond motifs is 1. The number of rotatable bonds is 10. The molecule has 0 aliphatic carbocycles. The average Bonchev–Trinajstić information content (AvgIpc) is 3.04. The monoisotopic (exact) mass is 621 g/mol. The Hall–Kier alpha value is -5.51. The van der Waals surface area contributed by atoms with E-state index in [0.717, 1.165) is 31.8 Å². The summed E-state index contributed by atoms with van der Waals surface area (Å²) >= 11 is 0. The molecule has 5 N–H and O–H groups in total. The van der Waals surface area contributed by atoms with Crippen molar-refractivity contribution >= 4 is 28.1 Å². The van der Waals surface area contributed by atoms with Gasteiger partial charge < -0.3 is 25.6 Å². The summed E-state index contributed by atoms with van der Waals surface area (Å²) in [4.78, 5) is 24.8. The van der Waals surface area contributed by atoms with Crippen LogP contribution in [0.2, 0.25) is 0 Å². The number of hydrogen-bond acceptors (Lipinski definition) is 10. The van der Waals surface area contributed by atoms with Gasteiger partial charge in [0.25, 0.3) is 5.56 Å². The van der Waals surface area contributed by atoms with E-state index in [1.165, 1.54) is 12.4 Å². The van der Waals surface area contributed by atoms with E-state index >= 15 is 0 Å². The molecule has 6 rings (SSSR count). The van der Waals surface area contributed by atoms with Crippen molar-refractivity contribution < 1.29 is 19.0 Å². The van der Waals surface area contributed by atoms with Crippen molar-refractivity contribution in [3.8, 4) is 17.2 Å². The topological polar surface area (TPSA) is 152 Å². The summed E-state index contributed by atoms with van der Waals surface area (Å²) in [6, 6.07) is 20.3. The first kappa shape index (κ1) is 30.5. The van der Waals surface area contributed by atoms with Gasteiger partial charge in [-0.15, -0.1) is 0 Å². The van der Waals surface area contributed by atoms with Crippen LogP contribution in [0.4, 0.5) is 16.0 Å². The van der Waals surface area contributed by atoms with E-state index in [9.17, 15) is 14.3 Å². The Morgan fingerprint density at radius 3 is 2.80 bits per heavy atom. The average molecular weight is 622 g/mol. The second kappa shape index (κ2) is 13.2. The van der Waals surface area contributed by atoms with Crippen LogP contribution in [-0.4, -0.2) is 69.7 Å². The van der Waals surface area contributed by atoms with Gasteiger partial charge in [0.15, 0.2) is 0 Å². The maximum absolute atomic E-state index is 14.2. The number of anilines is 2. The number of pyridine rings is 1. The lowest BCUT2D eigenvalue weighted by Crippen LogP contribution is -2.38. The van der Waals surface area contributed by atoms with Crippen LogP contribution < -0.4 is 21.3 Å². The number of halogens is 1. The van der Waals surface area contributed by atoms with Gasteiger partial charge in [0, 0.05) is 42.5 Å². The molecule has 0 bridgehead atoms. The highest BCUT2D eigenvalue weighted by Gasteiger charge is 2.20. The van der Waals surface area contributed by atoms with E-state index < -0.39 is 5.82 Å². The Bertz CT molecular complexity index is 1950. The normalized spacial score (nSPS) is 13.3. The fourth-order valence-corrected chi connectivity index (χ4v) is 5.54. The molecule has 1 saturated heterocycles. The first-order valence-corrected chi connectivity index (χ1v) is 14.7. The van der Waals surface area contributed by atoms with Crippen molar-refractivity contribution in [1.29, 1.82) is 5.41 Å². The molecule has 0 spiro atoms. The summed E-state index contributed by atoms with van der Waals surface area (Å²) in [7, 11) is 0. The number of morpholine rings is 1. The molecule has 0 amide bonds. The number of nitrogens with one attached hydrogen (secondary N) is 2. The predicted octanol–water partition coefficient (Wildman–Crippen LogP) is 3.86. The zero-order valence-corrected chi connectivity index (χ0v) is 25.1. The van der Waals surface area contributed by atoms with E-state index in [-0.39, 0.29) is 46.3 Å². The zero-order valence-electron chi connectivity index (χ0n) is 25.1. The molecule has 3 aromatic carbocycles. The molecule has 234 valence electrons. The molecule has 0 atom stereocenters. The summed E-state index contributed by atoms with van der Waals surface area (Å²) in [5.41, 5.74) is 7.74. The summed E-state index contributed by atoms with van der Waals surface area (Å²) in [6.07, 6.45) is 1.25. The van der Waals surface area contributed by atoms with Gasteiger partial charge in [0.1, 0.15) is 41.9 Å². The first-order valence-electron chi connectivity index (χ1n) is 14.7. The molecule has 46 heavy (non-hydrogen) atoms. The van der Waals surface area contributed by atoms with Gasteiger partial charge in [0.05, 0.1) is 42.1 Å². The van der Waals surface area contributed by atoms with Crippen LogP contribution in [0.1, 0.15) is 22.4 Å². The molecule has 3 heterocycles. The molecule has 5 aromatic rings. The van der Waals surface area contributed by atoms with Crippen LogP contribution in [-0.2, 0) is 11.3 Å². The van der Waals surface area contributed by atoms with Crippen molar-refractivity contribution in [2.45, 2.75) is 13.5 Å². The molecule has 0 radical (unpaired) electrons. The third-order valence-corrected chi connectivity index (χ3v) is 7.79. The molecular formula is C34H32FN7O4. The van der Waals surface area contributed by atoms with Gasteiger partial charge in [-0.25, -0.2) is 14.4 Å². The number of aromatic hydroxyl groups is 1. The van der Waals surface area contributed by atoms with E-state index in [1.54, 1.807) is 10.6 Å². The van der Waals surface area contributed by atoms with Gasteiger partial charge in [-0.3, -0.25) is 19.7 Å². The van der Waals surface area contributed by atoms with Crippen LogP contribution in [0.3, 0.4) is 0 Å². The highest BCUT2D eigenvalue weighted by atomic mass is 19.1. The first-order chi connectivity index (χ1) is 22.3. The molecule has 11 nitrogen and oxygen atoms in total. The number of nitrogen functional groups attached to an aromatic ring is 1. The molecule has 12 heteroatoms. The van der Waals surface area contributed by atoms with Crippen LogP contribution >= 0.6 is 0 Å². The molecule has 0 saturated carbocycles. The van der Waals surface area contributed by atoms with Crippen LogP contribution in [0.15, 0.2) is 65.7 Å². The van der Waals surface area contributed by atoms with E-state index in [1.807, 2.05) is 37.3 Å². The SMILES string of the molecule is Cc1c#ccc2cc(CNc3ncnc(N)c3C(=N)c3cc(O)cc(F)c3)n(-c3ccccc3OCCN3CCOCC3)c(=O)c12. The van der Waals surface area contributed by atoms with Gasteiger partial charge in [-0.1, -0.05) is 24.3 Å². The number of nitrogens with two attached hydrogens (primary N) is 1. The molecule has 0 unspecified atom stereocenters. The number of ether oxygens (including phenoxy) is 2. The Morgan fingerprint density at radius 2 is 2.00 bits per heavy atom. The Labute approximate surface area is 264 Å². The van der Waals surface area contributed by atoms with E-state index in [2.05, 4.69) is 32.3 Å². The summed E-state index contributed by atoms with van der Waals surface area (Å²) in [5.74, 6) is -0.316. The lowest BCUT2D eigenvalue weighted by Gasteiger charge is -2.26. The number of phenols is 1. The Morgan fingerprint density at radius 1 is 1.20 bits per heavy atom. The quantitative estimate of drug-likeness (QED) is 0.170. The Balaban J connectivity index is 1.38. The second-order valence-corrected chi connectivity index (χ2v) is 10.8. The smallest absolute Gasteiger partial charge is 0.264 e. The lowest BCUT2D eigenvalue weighted by atomic mass is 10.0. The van der Waals surface area contributed by atoms with Crippen molar-refractivity contribution in [3.05, 3.63) is 112 Å². The number of hydrogen-bond donors (Lipinski definition) is 4. The maximum atomic E-state index is 14.2. The second-order valence-electron chi connectivity index (χ2n) is 10.8. The molecule has 2 aromatic heterocycles. The standard InChI is InChI=1S/C34H32FN7O4/c1-21-5-4-6-22-16-25(19-38-33-30(32(37)39-20-40-33)31(36)23-15-24(35)18-26(43)17-23)42(34(44)29(21)22)27-7-2-3-8-28(27)46-14-11-41-9-12-45-13-10-41/h2-3,6-8,15-18,20,36,43H,9-14,19H2,1H3,(H3,37,38,39,40). The van der Waals surface area contributed by atoms with Crippen LogP contribution in [0.5, 0.6) is 11.5 Å². The fraction of sp³-hybridized carbons (Fsp3) is 0.235. The minimum Gasteiger partial charge on any atom is -0.508 e. The predicted molar refractivity (Wildman–Crippen MR) is 172 cm³/mol. The number of para-hydroxylation sites is 2. The summed E-state index contributed by atoms with van der Waals surface area (Å²) < 4.78 is 27.4. The fourth-order valence-electron chi connectivity index (χ4n) is 5.54.